The van der Waals surface area contributed by atoms with Gasteiger partial charge in [-0.25, -0.2) is 4.79 Å². The second kappa shape index (κ2) is 5.09. The van der Waals surface area contributed by atoms with E-state index in [9.17, 15) is 9.90 Å². The first kappa shape index (κ1) is 11.9. The molecule has 1 heterocycles. The fraction of sp³-hybridized carbons (Fsp3) is 0.444. The molecule has 1 aliphatic heterocycles. The van der Waals surface area contributed by atoms with E-state index in [0.29, 0.717) is 22.2 Å². The number of carbonyl (C=O) groups excluding carboxylic acids is 1. The van der Waals surface area contributed by atoms with Gasteiger partial charge in [0.15, 0.2) is 5.76 Å². The molecule has 78 valence electrons. The van der Waals surface area contributed by atoms with Crippen LogP contribution in [-0.4, -0.2) is 17.2 Å². The molecule has 14 heavy (non-hydrogen) atoms. The number of hydrogen-bond donors (Lipinski definition) is 1. The first-order valence-electron chi connectivity index (χ1n) is 4.22. The van der Waals surface area contributed by atoms with Crippen LogP contribution in [-0.2, 0) is 9.53 Å². The smallest absolute Gasteiger partial charge is 0.343 e. The molecule has 1 aliphatic rings. The lowest BCUT2D eigenvalue weighted by atomic mass is 10.1. The van der Waals surface area contributed by atoms with Crippen LogP contribution in [0.5, 0.6) is 0 Å². The summed E-state index contributed by atoms with van der Waals surface area (Å²) in [6.07, 6.45) is 0.604. The second-order valence-electron chi connectivity index (χ2n) is 2.90. The Hall–Kier alpha value is -0.130. The van der Waals surface area contributed by atoms with E-state index in [4.69, 9.17) is 4.74 Å². The van der Waals surface area contributed by atoms with Crippen LogP contribution < -0.4 is 0 Å². The Kier molecular flexibility index (Phi) is 4.34. The molecule has 0 aromatic heterocycles. The molecule has 0 saturated carbocycles. The summed E-state index contributed by atoms with van der Waals surface area (Å²) in [6.45, 7) is 1.94. The number of halogens is 2. The first-order valence-corrected chi connectivity index (χ1v) is 5.93. The number of hydrogen-bond acceptors (Lipinski definition) is 3. The molecule has 1 atom stereocenters. The van der Waals surface area contributed by atoms with Crippen LogP contribution in [0.4, 0.5) is 0 Å². The van der Waals surface area contributed by atoms with Crippen molar-refractivity contribution in [2.24, 2.45) is 0 Å². The molecule has 5 heteroatoms. The number of carbonyl (C=O) groups is 1. The maximum absolute atomic E-state index is 11.3. The molecule has 1 rings (SSSR count). The van der Waals surface area contributed by atoms with Crippen molar-refractivity contribution in [2.75, 3.05) is 0 Å². The maximum Gasteiger partial charge on any atom is 0.343 e. The highest BCUT2D eigenvalue weighted by Gasteiger charge is 2.32. The minimum absolute atomic E-state index is 0.303. The molecule has 1 N–H and O–H groups in total. The van der Waals surface area contributed by atoms with Gasteiger partial charge in [-0.05, 0) is 22.4 Å². The average Bonchev–Trinajstić information content (AvgIpc) is 2.41. The van der Waals surface area contributed by atoms with E-state index < -0.39 is 12.1 Å². The van der Waals surface area contributed by atoms with Crippen molar-refractivity contribution in [3.8, 4) is 0 Å². The minimum atomic E-state index is -0.758. The number of allylic oxidation sites excluding steroid dienone is 1. The van der Waals surface area contributed by atoms with Crippen LogP contribution in [0.25, 0.3) is 0 Å². The Morgan fingerprint density at radius 2 is 2.29 bits per heavy atom. The van der Waals surface area contributed by atoms with Crippen molar-refractivity contribution in [3.05, 3.63) is 20.8 Å². The van der Waals surface area contributed by atoms with E-state index in [1.807, 2.05) is 6.92 Å². The van der Waals surface area contributed by atoms with E-state index in [2.05, 4.69) is 31.9 Å². The monoisotopic (exact) mass is 324 g/mol. The molecule has 0 unspecified atom stereocenters. The van der Waals surface area contributed by atoms with Crippen LogP contribution in [0.2, 0.25) is 0 Å². The Labute approximate surface area is 99.1 Å². The Balaban J connectivity index is 2.95. The van der Waals surface area contributed by atoms with Gasteiger partial charge in [0.05, 0.1) is 16.2 Å². The second-order valence-corrected chi connectivity index (χ2v) is 4.15. The van der Waals surface area contributed by atoms with Crippen molar-refractivity contribution >= 4 is 37.8 Å². The normalized spacial score (nSPS) is 21.7. The topological polar surface area (TPSA) is 46.5 Å². The summed E-state index contributed by atoms with van der Waals surface area (Å²) in [7, 11) is 0. The van der Waals surface area contributed by atoms with Crippen molar-refractivity contribution in [2.45, 2.75) is 25.9 Å². The van der Waals surface area contributed by atoms with Crippen LogP contribution in [0.1, 0.15) is 19.8 Å². The van der Waals surface area contributed by atoms with Gasteiger partial charge in [0.2, 0.25) is 0 Å². The summed E-state index contributed by atoms with van der Waals surface area (Å²) in [6, 6.07) is 0. The summed E-state index contributed by atoms with van der Waals surface area (Å²) in [5.74, 6) is -0.0799. The van der Waals surface area contributed by atoms with Gasteiger partial charge in [-0.15, -0.1) is 0 Å². The quantitative estimate of drug-likeness (QED) is 0.811. The zero-order valence-corrected chi connectivity index (χ0v) is 10.8. The SMILES string of the molecule is CCC[C@@H](O)C1=C(Br)/C(=C/Br)OC1=O. The molecule has 3 nitrogen and oxygen atoms in total. The van der Waals surface area contributed by atoms with Crippen molar-refractivity contribution in [1.82, 2.24) is 0 Å². The minimum Gasteiger partial charge on any atom is -0.421 e. The zero-order valence-electron chi connectivity index (χ0n) is 7.59. The molecule has 0 aromatic rings. The number of esters is 1. The summed E-state index contributed by atoms with van der Waals surface area (Å²) < 4.78 is 5.43. The molecule has 0 spiro atoms. The van der Waals surface area contributed by atoms with Crippen LogP contribution in [0.15, 0.2) is 20.8 Å². The van der Waals surface area contributed by atoms with Gasteiger partial charge in [0.25, 0.3) is 0 Å². The number of rotatable bonds is 3. The van der Waals surface area contributed by atoms with Gasteiger partial charge in [0.1, 0.15) is 0 Å². The van der Waals surface area contributed by atoms with Crippen molar-refractivity contribution in [3.63, 3.8) is 0 Å². The van der Waals surface area contributed by atoms with E-state index >= 15 is 0 Å². The molecule has 0 bridgehead atoms. The number of aliphatic hydroxyl groups excluding tert-OH is 1. The molecule has 0 saturated heterocycles. The van der Waals surface area contributed by atoms with Gasteiger partial charge in [-0.1, -0.05) is 29.3 Å². The predicted octanol–water partition coefficient (Wildman–Crippen LogP) is 2.59. The van der Waals surface area contributed by atoms with Crippen molar-refractivity contribution < 1.29 is 14.6 Å². The Morgan fingerprint density at radius 3 is 2.71 bits per heavy atom. The standard InChI is InChI=1S/C9H10Br2O3/c1-2-3-5(12)7-8(11)6(4-10)14-9(7)13/h4-5,12H,2-3H2,1H3/b6-4-/t5-/m1/s1. The molecule has 0 aliphatic carbocycles. The average molecular weight is 326 g/mol. The van der Waals surface area contributed by atoms with Crippen LogP contribution in [0.3, 0.4) is 0 Å². The fourth-order valence-corrected chi connectivity index (χ4v) is 2.44. The Bertz CT molecular complexity index is 307. The van der Waals surface area contributed by atoms with Crippen molar-refractivity contribution in [1.29, 1.82) is 0 Å². The molecular formula is C9H10Br2O3. The highest BCUT2D eigenvalue weighted by molar-refractivity contribution is 9.12. The fourth-order valence-electron chi connectivity index (χ4n) is 1.19. The Morgan fingerprint density at radius 1 is 1.64 bits per heavy atom. The molecule has 0 amide bonds. The largest absolute Gasteiger partial charge is 0.421 e. The third-order valence-electron chi connectivity index (χ3n) is 1.87. The van der Waals surface area contributed by atoms with Crippen LogP contribution >= 0.6 is 31.9 Å². The van der Waals surface area contributed by atoms with Crippen LogP contribution in [0, 0.1) is 0 Å². The van der Waals surface area contributed by atoms with E-state index in [1.165, 1.54) is 4.99 Å². The van der Waals surface area contributed by atoms with Gasteiger partial charge in [-0.2, -0.15) is 0 Å². The van der Waals surface area contributed by atoms with Gasteiger partial charge in [-0.3, -0.25) is 0 Å². The molecule has 0 aromatic carbocycles. The van der Waals surface area contributed by atoms with E-state index in [-0.39, 0.29) is 0 Å². The van der Waals surface area contributed by atoms with E-state index in [0.717, 1.165) is 6.42 Å². The summed E-state index contributed by atoms with van der Waals surface area (Å²) in [5, 5.41) is 9.67. The number of cyclic esters (lactones) is 1. The van der Waals surface area contributed by atoms with Gasteiger partial charge >= 0.3 is 5.97 Å². The maximum atomic E-state index is 11.3. The molecule has 0 radical (unpaired) electrons. The summed E-state index contributed by atoms with van der Waals surface area (Å²) in [4.78, 5) is 12.8. The molecular weight excluding hydrogens is 316 g/mol. The highest BCUT2D eigenvalue weighted by Crippen LogP contribution is 2.34. The predicted molar refractivity (Wildman–Crippen MR) is 60.0 cm³/mol. The third kappa shape index (κ3) is 2.27. The number of ether oxygens (including phenoxy) is 1. The zero-order chi connectivity index (χ0) is 10.7. The summed E-state index contributed by atoms with van der Waals surface area (Å²) >= 11 is 6.29. The lowest BCUT2D eigenvalue weighted by molar-refractivity contribution is -0.134. The first-order chi connectivity index (χ1) is 6.61. The lowest BCUT2D eigenvalue weighted by Crippen LogP contribution is -2.15. The van der Waals surface area contributed by atoms with Gasteiger partial charge < -0.3 is 9.84 Å². The highest BCUT2D eigenvalue weighted by atomic mass is 79.9. The van der Waals surface area contributed by atoms with E-state index in [1.54, 1.807) is 0 Å². The molecule has 0 fully saturated rings. The van der Waals surface area contributed by atoms with Gasteiger partial charge in [0, 0.05) is 4.99 Å². The lowest BCUT2D eigenvalue weighted by Gasteiger charge is -2.07. The third-order valence-corrected chi connectivity index (χ3v) is 3.10. The number of aliphatic hydroxyl groups is 1. The summed E-state index contributed by atoms with van der Waals surface area (Å²) in [5.41, 5.74) is 0.303.